The van der Waals surface area contributed by atoms with E-state index < -0.39 is 0 Å². The minimum Gasteiger partial charge on any atom is -0.396 e. The number of amides is 1. The number of Topliss-reactive ketones (excluding diaryl/α,β-unsaturated/α-hetero) is 1. The van der Waals surface area contributed by atoms with Gasteiger partial charge in [-0.2, -0.15) is 0 Å². The largest absolute Gasteiger partial charge is 0.396 e. The van der Waals surface area contributed by atoms with Gasteiger partial charge < -0.3 is 10.0 Å². The van der Waals surface area contributed by atoms with Crippen LogP contribution in [0.1, 0.15) is 64.7 Å². The fourth-order valence-electron chi connectivity index (χ4n) is 2.16. The normalized spacial score (nSPS) is 10.3. The van der Waals surface area contributed by atoms with E-state index >= 15 is 0 Å². The number of ketones is 1. The Morgan fingerprint density at radius 3 is 2.00 bits per heavy atom. The van der Waals surface area contributed by atoms with E-state index in [4.69, 9.17) is 10.5 Å². The second-order valence-corrected chi connectivity index (χ2v) is 5.76. The number of likely N-dealkylation sites (N-methyl/N-ethyl adjacent to an activating group) is 1. The predicted octanol–water partition coefficient (Wildman–Crippen LogP) is 2.06. The van der Waals surface area contributed by atoms with Gasteiger partial charge in [0.15, 0.2) is 5.96 Å². The number of unbranched alkanes of at least 4 members (excludes halogenated alkanes) is 7. The van der Waals surface area contributed by atoms with Crippen molar-refractivity contribution >= 4 is 17.6 Å². The molecule has 6 heteroatoms. The van der Waals surface area contributed by atoms with Gasteiger partial charge in [0.1, 0.15) is 5.78 Å². The second kappa shape index (κ2) is 13.2. The number of nitrogens with one attached hydrogen (secondary N) is 2. The van der Waals surface area contributed by atoms with Gasteiger partial charge in [-0.25, -0.2) is 0 Å². The van der Waals surface area contributed by atoms with Crippen LogP contribution in [-0.2, 0) is 9.59 Å². The molecule has 0 atom stereocenters. The van der Waals surface area contributed by atoms with E-state index in [1.807, 2.05) is 0 Å². The molecule has 128 valence electrons. The average molecular weight is 313 g/mol. The summed E-state index contributed by atoms with van der Waals surface area (Å²) in [5.74, 6) is -0.229. The molecule has 0 rings (SSSR count). The third-order valence-electron chi connectivity index (χ3n) is 3.41. The summed E-state index contributed by atoms with van der Waals surface area (Å²) in [5, 5.41) is 18.8. The molecule has 0 aromatic carbocycles. The smallest absolute Gasteiger partial charge is 0.226 e. The maximum absolute atomic E-state index is 11.7. The summed E-state index contributed by atoms with van der Waals surface area (Å²) in [6.07, 6.45) is 8.89. The lowest BCUT2D eigenvalue weighted by atomic mass is 10.1. The van der Waals surface area contributed by atoms with Crippen molar-refractivity contribution < 1.29 is 14.7 Å². The molecule has 0 aliphatic rings. The predicted molar refractivity (Wildman–Crippen MR) is 87.8 cm³/mol. The zero-order valence-electron chi connectivity index (χ0n) is 14.0. The quantitative estimate of drug-likeness (QED) is 0.292. The zero-order valence-corrected chi connectivity index (χ0v) is 14.0. The molecule has 0 aromatic rings. The molecule has 0 aliphatic heterocycles. The Morgan fingerprint density at radius 1 is 1.00 bits per heavy atom. The number of aliphatic hydroxyl groups is 1. The molecule has 0 unspecified atom stereocenters. The standard InChI is InChI=1S/C16H31N3O3/c1-14(21)13-19(2)16(17)18-15(22)11-9-7-5-3-4-6-8-10-12-20/h20H,3-13H2,1-2H3,(H2,17,18,22). The molecule has 0 aromatic heterocycles. The van der Waals surface area contributed by atoms with Crippen LogP contribution in [0.15, 0.2) is 0 Å². The van der Waals surface area contributed by atoms with Crippen LogP contribution in [0, 0.1) is 5.41 Å². The SMILES string of the molecule is CC(=O)CN(C)C(=N)NC(=O)CCCCCCCCCCO. The third-order valence-corrected chi connectivity index (χ3v) is 3.41. The molecule has 3 N–H and O–H groups in total. The molecule has 0 radical (unpaired) electrons. The van der Waals surface area contributed by atoms with Gasteiger partial charge in [-0.3, -0.25) is 20.3 Å². The summed E-state index contributed by atoms with van der Waals surface area (Å²) in [5.41, 5.74) is 0. The van der Waals surface area contributed by atoms with E-state index in [0.717, 1.165) is 32.1 Å². The third kappa shape index (κ3) is 12.3. The second-order valence-electron chi connectivity index (χ2n) is 5.76. The summed E-state index contributed by atoms with van der Waals surface area (Å²) in [6, 6.07) is 0. The highest BCUT2D eigenvalue weighted by atomic mass is 16.2. The minimum absolute atomic E-state index is 0.0240. The van der Waals surface area contributed by atoms with Crippen molar-refractivity contribution in [2.45, 2.75) is 64.7 Å². The fourth-order valence-corrected chi connectivity index (χ4v) is 2.16. The maximum atomic E-state index is 11.7. The first-order valence-corrected chi connectivity index (χ1v) is 8.17. The zero-order chi connectivity index (χ0) is 16.8. The lowest BCUT2D eigenvalue weighted by Gasteiger charge is -2.18. The number of carbonyl (C=O) groups is 2. The Labute approximate surface area is 133 Å². The molecular weight excluding hydrogens is 282 g/mol. The Kier molecular flexibility index (Phi) is 12.4. The van der Waals surface area contributed by atoms with Crippen molar-refractivity contribution in [3.63, 3.8) is 0 Å². The summed E-state index contributed by atoms with van der Waals surface area (Å²) >= 11 is 0. The Bertz CT molecular complexity index is 346. The summed E-state index contributed by atoms with van der Waals surface area (Å²) in [7, 11) is 1.61. The number of rotatable bonds is 12. The topological polar surface area (TPSA) is 93.5 Å². The lowest BCUT2D eigenvalue weighted by Crippen LogP contribution is -2.43. The first-order valence-electron chi connectivity index (χ1n) is 8.17. The average Bonchev–Trinajstić information content (AvgIpc) is 2.44. The van der Waals surface area contributed by atoms with Crippen LogP contribution in [-0.4, -0.2) is 47.9 Å². The highest BCUT2D eigenvalue weighted by Gasteiger charge is 2.10. The Balaban J connectivity index is 3.53. The van der Waals surface area contributed by atoms with Gasteiger partial charge in [-0.1, -0.05) is 38.5 Å². The van der Waals surface area contributed by atoms with E-state index in [1.165, 1.54) is 31.1 Å². The van der Waals surface area contributed by atoms with Crippen molar-refractivity contribution in [3.8, 4) is 0 Å². The number of carbonyl (C=O) groups excluding carboxylic acids is 2. The highest BCUT2D eigenvalue weighted by Crippen LogP contribution is 2.09. The molecule has 0 bridgehead atoms. The van der Waals surface area contributed by atoms with E-state index in [-0.39, 0.29) is 30.8 Å². The van der Waals surface area contributed by atoms with Gasteiger partial charge >= 0.3 is 0 Å². The van der Waals surface area contributed by atoms with Crippen LogP contribution in [0.4, 0.5) is 0 Å². The number of hydrogen-bond donors (Lipinski definition) is 3. The van der Waals surface area contributed by atoms with Crippen LogP contribution < -0.4 is 5.32 Å². The summed E-state index contributed by atoms with van der Waals surface area (Å²) < 4.78 is 0. The van der Waals surface area contributed by atoms with Gasteiger partial charge in [0, 0.05) is 20.1 Å². The van der Waals surface area contributed by atoms with Crippen LogP contribution in [0.5, 0.6) is 0 Å². The van der Waals surface area contributed by atoms with E-state index in [1.54, 1.807) is 7.05 Å². The first-order chi connectivity index (χ1) is 10.5. The number of hydrogen-bond acceptors (Lipinski definition) is 4. The van der Waals surface area contributed by atoms with E-state index in [9.17, 15) is 9.59 Å². The van der Waals surface area contributed by atoms with Crippen LogP contribution >= 0.6 is 0 Å². The molecule has 0 saturated heterocycles. The van der Waals surface area contributed by atoms with Gasteiger partial charge in [-0.15, -0.1) is 0 Å². The van der Waals surface area contributed by atoms with Gasteiger partial charge in [-0.05, 0) is 19.8 Å². The first kappa shape index (κ1) is 20.6. The summed E-state index contributed by atoms with van der Waals surface area (Å²) in [4.78, 5) is 24.0. The van der Waals surface area contributed by atoms with E-state index in [2.05, 4.69) is 5.32 Å². The maximum Gasteiger partial charge on any atom is 0.226 e. The van der Waals surface area contributed by atoms with Crippen molar-refractivity contribution in [2.75, 3.05) is 20.2 Å². The summed E-state index contributed by atoms with van der Waals surface area (Å²) in [6.45, 7) is 1.87. The highest BCUT2D eigenvalue weighted by molar-refractivity contribution is 5.96. The molecular formula is C16H31N3O3. The number of guanidine groups is 1. The molecule has 0 spiro atoms. The molecule has 6 nitrogen and oxygen atoms in total. The molecule has 0 heterocycles. The van der Waals surface area contributed by atoms with Gasteiger partial charge in [0.2, 0.25) is 5.91 Å². The van der Waals surface area contributed by atoms with Crippen LogP contribution in [0.2, 0.25) is 0 Å². The molecule has 0 saturated carbocycles. The van der Waals surface area contributed by atoms with Crippen molar-refractivity contribution in [2.24, 2.45) is 0 Å². The minimum atomic E-state index is -0.164. The fraction of sp³-hybridized carbons (Fsp3) is 0.812. The van der Waals surface area contributed by atoms with Crippen molar-refractivity contribution in [1.29, 1.82) is 5.41 Å². The van der Waals surface area contributed by atoms with Gasteiger partial charge in [0.25, 0.3) is 0 Å². The number of nitrogens with zero attached hydrogens (tertiary/aromatic N) is 1. The Hall–Kier alpha value is -1.43. The van der Waals surface area contributed by atoms with Crippen molar-refractivity contribution in [3.05, 3.63) is 0 Å². The van der Waals surface area contributed by atoms with Gasteiger partial charge in [0.05, 0.1) is 6.54 Å². The van der Waals surface area contributed by atoms with Crippen LogP contribution in [0.3, 0.4) is 0 Å². The molecule has 1 amide bonds. The van der Waals surface area contributed by atoms with Crippen LogP contribution in [0.25, 0.3) is 0 Å². The monoisotopic (exact) mass is 313 g/mol. The molecule has 0 fully saturated rings. The Morgan fingerprint density at radius 2 is 1.50 bits per heavy atom. The number of aliphatic hydroxyl groups excluding tert-OH is 1. The lowest BCUT2D eigenvalue weighted by molar-refractivity contribution is -0.120. The molecule has 22 heavy (non-hydrogen) atoms. The van der Waals surface area contributed by atoms with E-state index in [0.29, 0.717) is 6.42 Å². The van der Waals surface area contributed by atoms with Crippen molar-refractivity contribution in [1.82, 2.24) is 10.2 Å². The molecule has 0 aliphatic carbocycles.